The molecule has 3 nitrogen and oxygen atoms in total. The highest BCUT2D eigenvalue weighted by Crippen LogP contribution is 2.20. The third-order valence-corrected chi connectivity index (χ3v) is 2.66. The van der Waals surface area contributed by atoms with Gasteiger partial charge in [-0.25, -0.2) is 4.79 Å². The van der Waals surface area contributed by atoms with Crippen LogP contribution in [-0.2, 0) is 6.54 Å². The predicted molar refractivity (Wildman–Crippen MR) is 59.8 cm³/mol. The minimum Gasteiger partial charge on any atom is -0.423 e. The van der Waals surface area contributed by atoms with Gasteiger partial charge in [-0.3, -0.25) is 0 Å². The van der Waals surface area contributed by atoms with Crippen molar-refractivity contribution in [3.05, 3.63) is 45.3 Å². The molecule has 0 saturated carbocycles. The van der Waals surface area contributed by atoms with Crippen molar-refractivity contribution in [2.75, 3.05) is 0 Å². The first-order chi connectivity index (χ1) is 7.11. The topological polar surface area (TPSA) is 56.2 Å². The van der Waals surface area contributed by atoms with Crippen LogP contribution < -0.4 is 11.4 Å². The lowest BCUT2D eigenvalue weighted by atomic mass is 10.0. The summed E-state index contributed by atoms with van der Waals surface area (Å²) in [6, 6.07) is 5.35. The van der Waals surface area contributed by atoms with Crippen molar-refractivity contribution in [1.29, 1.82) is 0 Å². The van der Waals surface area contributed by atoms with E-state index in [2.05, 4.69) is 0 Å². The standard InChI is InChI=1S/C12H13NO2/c1-7-3-10-9(6-13)5-12(14)15-11(10)4-8(7)2/h3-5H,6,13H2,1-2H3. The minimum absolute atomic E-state index is 0.341. The summed E-state index contributed by atoms with van der Waals surface area (Å²) in [6.07, 6.45) is 0. The van der Waals surface area contributed by atoms with E-state index in [9.17, 15) is 4.79 Å². The summed E-state index contributed by atoms with van der Waals surface area (Å²) in [6.45, 7) is 4.37. The highest BCUT2D eigenvalue weighted by Gasteiger charge is 2.05. The van der Waals surface area contributed by atoms with Gasteiger partial charge >= 0.3 is 5.63 Å². The van der Waals surface area contributed by atoms with Crippen LogP contribution in [0.2, 0.25) is 0 Å². The summed E-state index contributed by atoms with van der Waals surface area (Å²) in [5, 5.41) is 0.931. The van der Waals surface area contributed by atoms with Gasteiger partial charge in [-0.1, -0.05) is 0 Å². The maximum atomic E-state index is 11.2. The third-order valence-electron chi connectivity index (χ3n) is 2.66. The molecular formula is C12H13NO2. The average Bonchev–Trinajstić information content (AvgIpc) is 2.19. The van der Waals surface area contributed by atoms with Crippen molar-refractivity contribution in [3.63, 3.8) is 0 Å². The number of rotatable bonds is 1. The monoisotopic (exact) mass is 203 g/mol. The lowest BCUT2D eigenvalue weighted by molar-refractivity contribution is 0.558. The van der Waals surface area contributed by atoms with Crippen molar-refractivity contribution in [2.45, 2.75) is 20.4 Å². The van der Waals surface area contributed by atoms with Crippen LogP contribution in [0, 0.1) is 13.8 Å². The summed E-state index contributed by atoms with van der Waals surface area (Å²) in [5.74, 6) is 0. The van der Waals surface area contributed by atoms with Gasteiger partial charge in [-0.2, -0.15) is 0 Å². The fourth-order valence-electron chi connectivity index (χ4n) is 1.65. The Bertz CT molecular complexity index is 570. The molecule has 0 atom stereocenters. The highest BCUT2D eigenvalue weighted by atomic mass is 16.4. The van der Waals surface area contributed by atoms with Gasteiger partial charge in [0.25, 0.3) is 0 Å². The summed E-state index contributed by atoms with van der Waals surface area (Å²) < 4.78 is 5.13. The first-order valence-electron chi connectivity index (χ1n) is 4.86. The van der Waals surface area contributed by atoms with Crippen LogP contribution in [0.25, 0.3) is 11.0 Å². The molecular weight excluding hydrogens is 190 g/mol. The Balaban J connectivity index is 2.90. The highest BCUT2D eigenvalue weighted by molar-refractivity contribution is 5.81. The second kappa shape index (κ2) is 3.51. The number of nitrogens with two attached hydrogens (primary N) is 1. The predicted octanol–water partition coefficient (Wildman–Crippen LogP) is 1.87. The number of fused-ring (bicyclic) bond motifs is 1. The minimum atomic E-state index is -0.341. The summed E-state index contributed by atoms with van der Waals surface area (Å²) in [7, 11) is 0. The molecule has 0 unspecified atom stereocenters. The molecule has 2 aromatic rings. The molecule has 2 rings (SSSR count). The van der Waals surface area contributed by atoms with E-state index in [0.29, 0.717) is 12.1 Å². The zero-order chi connectivity index (χ0) is 11.0. The molecule has 15 heavy (non-hydrogen) atoms. The molecule has 78 valence electrons. The smallest absolute Gasteiger partial charge is 0.336 e. The largest absolute Gasteiger partial charge is 0.423 e. The normalized spacial score (nSPS) is 10.9. The van der Waals surface area contributed by atoms with Crippen LogP contribution in [-0.4, -0.2) is 0 Å². The molecule has 0 bridgehead atoms. The van der Waals surface area contributed by atoms with Crippen molar-refractivity contribution >= 4 is 11.0 Å². The quantitative estimate of drug-likeness (QED) is 0.720. The fourth-order valence-corrected chi connectivity index (χ4v) is 1.65. The second-order valence-electron chi connectivity index (χ2n) is 3.73. The molecule has 0 fully saturated rings. The van der Waals surface area contributed by atoms with Crippen LogP contribution in [0.3, 0.4) is 0 Å². The summed E-state index contributed by atoms with van der Waals surface area (Å²) >= 11 is 0. The van der Waals surface area contributed by atoms with E-state index in [1.807, 2.05) is 26.0 Å². The van der Waals surface area contributed by atoms with Gasteiger partial charge in [-0.05, 0) is 42.7 Å². The van der Waals surface area contributed by atoms with Crippen LogP contribution in [0.4, 0.5) is 0 Å². The van der Waals surface area contributed by atoms with Gasteiger partial charge in [0.1, 0.15) is 5.58 Å². The first-order valence-corrected chi connectivity index (χ1v) is 4.86. The second-order valence-corrected chi connectivity index (χ2v) is 3.73. The molecule has 0 aliphatic rings. The zero-order valence-electron chi connectivity index (χ0n) is 8.83. The first kappa shape index (κ1) is 9.93. The molecule has 1 heterocycles. The van der Waals surface area contributed by atoms with Crippen molar-refractivity contribution in [3.8, 4) is 0 Å². The third kappa shape index (κ3) is 1.66. The van der Waals surface area contributed by atoms with Gasteiger partial charge < -0.3 is 10.2 Å². The molecule has 0 spiro atoms. The molecule has 0 saturated heterocycles. The van der Waals surface area contributed by atoms with Gasteiger partial charge in [0.15, 0.2) is 0 Å². The van der Waals surface area contributed by atoms with E-state index in [1.54, 1.807) is 0 Å². The Morgan fingerprint density at radius 3 is 2.53 bits per heavy atom. The van der Waals surface area contributed by atoms with Crippen molar-refractivity contribution < 1.29 is 4.42 Å². The van der Waals surface area contributed by atoms with Crippen LogP contribution in [0.1, 0.15) is 16.7 Å². The molecule has 2 N–H and O–H groups in total. The van der Waals surface area contributed by atoms with E-state index >= 15 is 0 Å². The summed E-state index contributed by atoms with van der Waals surface area (Å²) in [5.41, 5.74) is 8.99. The van der Waals surface area contributed by atoms with Crippen LogP contribution in [0.15, 0.2) is 27.4 Å². The summed E-state index contributed by atoms with van der Waals surface area (Å²) in [4.78, 5) is 11.2. The molecule has 3 heteroatoms. The maximum absolute atomic E-state index is 11.2. The van der Waals surface area contributed by atoms with Crippen molar-refractivity contribution in [1.82, 2.24) is 0 Å². The van der Waals surface area contributed by atoms with Gasteiger partial charge in [-0.15, -0.1) is 0 Å². The number of hydrogen-bond donors (Lipinski definition) is 1. The maximum Gasteiger partial charge on any atom is 0.336 e. The Morgan fingerprint density at radius 1 is 1.20 bits per heavy atom. The molecule has 0 radical (unpaired) electrons. The molecule has 0 amide bonds. The van der Waals surface area contributed by atoms with Gasteiger partial charge in [0.2, 0.25) is 0 Å². The number of benzene rings is 1. The Hall–Kier alpha value is -1.61. The van der Waals surface area contributed by atoms with E-state index in [1.165, 1.54) is 11.6 Å². The Labute approximate surface area is 87.5 Å². The van der Waals surface area contributed by atoms with Crippen molar-refractivity contribution in [2.24, 2.45) is 5.73 Å². The zero-order valence-corrected chi connectivity index (χ0v) is 8.83. The molecule has 0 aliphatic carbocycles. The van der Waals surface area contributed by atoms with Crippen LogP contribution >= 0.6 is 0 Å². The van der Waals surface area contributed by atoms with Gasteiger partial charge in [0, 0.05) is 18.0 Å². The van der Waals surface area contributed by atoms with Gasteiger partial charge in [0.05, 0.1) is 0 Å². The van der Waals surface area contributed by atoms with E-state index in [0.717, 1.165) is 16.5 Å². The lowest BCUT2D eigenvalue weighted by Crippen LogP contribution is -2.05. The molecule has 0 aliphatic heterocycles. The number of aryl methyl sites for hydroxylation is 2. The number of hydrogen-bond acceptors (Lipinski definition) is 3. The Morgan fingerprint density at radius 2 is 1.87 bits per heavy atom. The SMILES string of the molecule is Cc1cc2oc(=O)cc(CN)c2cc1C. The lowest BCUT2D eigenvalue weighted by Gasteiger charge is -2.05. The molecule has 1 aromatic heterocycles. The van der Waals surface area contributed by atoms with E-state index < -0.39 is 0 Å². The Kier molecular flexibility index (Phi) is 2.32. The molecule has 1 aromatic carbocycles. The van der Waals surface area contributed by atoms with E-state index in [4.69, 9.17) is 10.2 Å². The average molecular weight is 203 g/mol. The fraction of sp³-hybridized carbons (Fsp3) is 0.250. The van der Waals surface area contributed by atoms with Crippen LogP contribution in [0.5, 0.6) is 0 Å². The van der Waals surface area contributed by atoms with E-state index in [-0.39, 0.29) is 5.63 Å².